The molecule has 0 saturated heterocycles. The number of hydrogen-bond donors (Lipinski definition) is 1. The molecular formula is C15H32N2. The highest BCUT2D eigenvalue weighted by molar-refractivity contribution is 4.98. The lowest BCUT2D eigenvalue weighted by Crippen LogP contribution is -2.60. The molecule has 0 amide bonds. The van der Waals surface area contributed by atoms with Crippen molar-refractivity contribution in [2.45, 2.75) is 65.3 Å². The molecule has 1 saturated carbocycles. The van der Waals surface area contributed by atoms with Crippen LogP contribution in [0.5, 0.6) is 0 Å². The predicted molar refractivity (Wildman–Crippen MR) is 76.1 cm³/mol. The molecule has 0 spiro atoms. The van der Waals surface area contributed by atoms with E-state index in [0.717, 1.165) is 24.9 Å². The van der Waals surface area contributed by atoms with Crippen LogP contribution in [0.1, 0.15) is 59.8 Å². The quantitative estimate of drug-likeness (QED) is 0.772. The first-order chi connectivity index (χ1) is 8.10. The van der Waals surface area contributed by atoms with Gasteiger partial charge in [-0.25, -0.2) is 0 Å². The molecule has 2 heteroatoms. The lowest BCUT2D eigenvalue weighted by molar-refractivity contribution is 0.00719. The van der Waals surface area contributed by atoms with Crippen LogP contribution in [0, 0.1) is 11.8 Å². The molecule has 2 N–H and O–H groups in total. The summed E-state index contributed by atoms with van der Waals surface area (Å²) < 4.78 is 0. The second-order valence-corrected chi connectivity index (χ2v) is 6.01. The Bertz CT molecular complexity index is 217. The molecule has 0 aromatic rings. The van der Waals surface area contributed by atoms with Gasteiger partial charge in [0.1, 0.15) is 0 Å². The molecule has 2 nitrogen and oxygen atoms in total. The molecule has 1 aliphatic carbocycles. The van der Waals surface area contributed by atoms with E-state index in [0.29, 0.717) is 0 Å². The van der Waals surface area contributed by atoms with Crippen LogP contribution in [0.25, 0.3) is 0 Å². The Morgan fingerprint density at radius 1 is 1.35 bits per heavy atom. The fraction of sp³-hybridized carbons (Fsp3) is 1.00. The van der Waals surface area contributed by atoms with E-state index < -0.39 is 0 Å². The van der Waals surface area contributed by atoms with Crippen LogP contribution in [0.15, 0.2) is 0 Å². The van der Waals surface area contributed by atoms with Gasteiger partial charge in [0.25, 0.3) is 0 Å². The monoisotopic (exact) mass is 240 g/mol. The van der Waals surface area contributed by atoms with Crippen LogP contribution in [0.3, 0.4) is 0 Å². The first-order valence-electron chi connectivity index (χ1n) is 7.55. The molecule has 0 aliphatic heterocycles. The van der Waals surface area contributed by atoms with Crippen molar-refractivity contribution in [3.8, 4) is 0 Å². The van der Waals surface area contributed by atoms with Crippen LogP contribution >= 0.6 is 0 Å². The first-order valence-corrected chi connectivity index (χ1v) is 7.55. The maximum atomic E-state index is 6.18. The zero-order chi connectivity index (χ0) is 12.9. The number of nitrogens with zero attached hydrogens (tertiary/aromatic N) is 1. The minimum absolute atomic E-state index is 0.288. The summed E-state index contributed by atoms with van der Waals surface area (Å²) in [5, 5.41) is 0. The van der Waals surface area contributed by atoms with Crippen LogP contribution < -0.4 is 5.73 Å². The molecule has 1 fully saturated rings. The number of likely N-dealkylation sites (N-methyl/N-ethyl adjacent to an activating group) is 1. The van der Waals surface area contributed by atoms with Crippen LogP contribution in [-0.2, 0) is 0 Å². The molecule has 0 radical (unpaired) electrons. The third kappa shape index (κ3) is 3.23. The van der Waals surface area contributed by atoms with Gasteiger partial charge in [0, 0.05) is 18.6 Å². The van der Waals surface area contributed by atoms with E-state index in [1.54, 1.807) is 0 Å². The van der Waals surface area contributed by atoms with Crippen molar-refractivity contribution in [3.05, 3.63) is 0 Å². The van der Waals surface area contributed by atoms with E-state index in [9.17, 15) is 0 Å². The third-order valence-electron chi connectivity index (χ3n) is 5.01. The van der Waals surface area contributed by atoms with E-state index in [-0.39, 0.29) is 5.54 Å². The van der Waals surface area contributed by atoms with Gasteiger partial charge in [-0.15, -0.1) is 0 Å². The van der Waals surface area contributed by atoms with Crippen LogP contribution in [-0.4, -0.2) is 30.1 Å². The SMILES string of the molecule is CCC(C)CN(CC)C1(CN)CCCCC1C. The molecule has 3 unspecified atom stereocenters. The summed E-state index contributed by atoms with van der Waals surface area (Å²) in [6.07, 6.45) is 6.68. The topological polar surface area (TPSA) is 29.3 Å². The Balaban J connectivity index is 2.79. The molecule has 17 heavy (non-hydrogen) atoms. The van der Waals surface area contributed by atoms with Crippen molar-refractivity contribution in [1.82, 2.24) is 4.90 Å². The van der Waals surface area contributed by atoms with E-state index >= 15 is 0 Å². The molecule has 0 heterocycles. The fourth-order valence-electron chi connectivity index (χ4n) is 3.43. The van der Waals surface area contributed by atoms with Crippen molar-refractivity contribution in [2.24, 2.45) is 17.6 Å². The standard InChI is InChI=1S/C15H32N2/c1-5-13(3)11-17(6-2)15(12-16)10-8-7-9-14(15)4/h13-14H,5-12,16H2,1-4H3. The zero-order valence-electron chi connectivity index (χ0n) is 12.3. The zero-order valence-corrected chi connectivity index (χ0v) is 12.3. The summed E-state index contributed by atoms with van der Waals surface area (Å²) in [5.41, 5.74) is 6.47. The largest absolute Gasteiger partial charge is 0.329 e. The summed E-state index contributed by atoms with van der Waals surface area (Å²) in [7, 11) is 0. The molecular weight excluding hydrogens is 208 g/mol. The van der Waals surface area contributed by atoms with Gasteiger partial charge in [0.2, 0.25) is 0 Å². The second-order valence-electron chi connectivity index (χ2n) is 6.01. The maximum Gasteiger partial charge on any atom is 0.0357 e. The highest BCUT2D eigenvalue weighted by Gasteiger charge is 2.41. The van der Waals surface area contributed by atoms with Gasteiger partial charge in [0.15, 0.2) is 0 Å². The maximum absolute atomic E-state index is 6.18. The van der Waals surface area contributed by atoms with Gasteiger partial charge in [0.05, 0.1) is 0 Å². The average Bonchev–Trinajstić information content (AvgIpc) is 2.36. The highest BCUT2D eigenvalue weighted by atomic mass is 15.2. The Morgan fingerprint density at radius 2 is 2.06 bits per heavy atom. The Kier molecular flexibility index (Phi) is 5.94. The van der Waals surface area contributed by atoms with Gasteiger partial charge < -0.3 is 5.73 Å². The smallest absolute Gasteiger partial charge is 0.0357 e. The lowest BCUT2D eigenvalue weighted by atomic mass is 9.72. The van der Waals surface area contributed by atoms with Gasteiger partial charge >= 0.3 is 0 Å². The third-order valence-corrected chi connectivity index (χ3v) is 5.01. The minimum Gasteiger partial charge on any atom is -0.329 e. The number of rotatable bonds is 6. The summed E-state index contributed by atoms with van der Waals surface area (Å²) in [6, 6.07) is 0. The second kappa shape index (κ2) is 6.75. The normalized spacial score (nSPS) is 31.8. The average molecular weight is 240 g/mol. The Labute approximate surface area is 108 Å². The van der Waals surface area contributed by atoms with Crippen molar-refractivity contribution in [1.29, 1.82) is 0 Å². The molecule has 1 aliphatic rings. The van der Waals surface area contributed by atoms with E-state index in [4.69, 9.17) is 5.73 Å². The Hall–Kier alpha value is -0.0800. The molecule has 102 valence electrons. The van der Waals surface area contributed by atoms with Crippen LogP contribution in [0.2, 0.25) is 0 Å². The Morgan fingerprint density at radius 3 is 2.53 bits per heavy atom. The first kappa shape index (κ1) is 15.0. The summed E-state index contributed by atoms with van der Waals surface area (Å²) in [5.74, 6) is 1.54. The van der Waals surface area contributed by atoms with Crippen molar-refractivity contribution in [3.63, 3.8) is 0 Å². The molecule has 0 aromatic carbocycles. The van der Waals surface area contributed by atoms with E-state index in [1.165, 1.54) is 38.6 Å². The van der Waals surface area contributed by atoms with E-state index in [2.05, 4.69) is 32.6 Å². The van der Waals surface area contributed by atoms with Gasteiger partial charge in [-0.2, -0.15) is 0 Å². The van der Waals surface area contributed by atoms with Gasteiger partial charge in [-0.1, -0.05) is 47.0 Å². The fourth-order valence-corrected chi connectivity index (χ4v) is 3.43. The van der Waals surface area contributed by atoms with Crippen molar-refractivity contribution >= 4 is 0 Å². The summed E-state index contributed by atoms with van der Waals surface area (Å²) >= 11 is 0. The van der Waals surface area contributed by atoms with Crippen LogP contribution in [0.4, 0.5) is 0 Å². The van der Waals surface area contributed by atoms with Crippen molar-refractivity contribution in [2.75, 3.05) is 19.6 Å². The van der Waals surface area contributed by atoms with E-state index in [1.807, 2.05) is 0 Å². The highest BCUT2D eigenvalue weighted by Crippen LogP contribution is 2.38. The predicted octanol–water partition coefficient (Wildman–Crippen LogP) is 3.26. The number of nitrogens with two attached hydrogens (primary N) is 1. The molecule has 0 aromatic heterocycles. The summed E-state index contributed by atoms with van der Waals surface area (Å²) in [4.78, 5) is 2.69. The van der Waals surface area contributed by atoms with Gasteiger partial charge in [-0.05, 0) is 31.2 Å². The molecule has 3 atom stereocenters. The molecule has 0 bridgehead atoms. The summed E-state index contributed by atoms with van der Waals surface area (Å²) in [6.45, 7) is 12.5. The minimum atomic E-state index is 0.288. The van der Waals surface area contributed by atoms with Crippen molar-refractivity contribution < 1.29 is 0 Å². The lowest BCUT2D eigenvalue weighted by Gasteiger charge is -2.50. The van der Waals surface area contributed by atoms with Gasteiger partial charge in [-0.3, -0.25) is 4.90 Å². The number of hydrogen-bond acceptors (Lipinski definition) is 2. The molecule has 1 rings (SSSR count).